The molecule has 180 valence electrons. The molecule has 0 bridgehead atoms. The summed E-state index contributed by atoms with van der Waals surface area (Å²) in [5.41, 5.74) is -0.865. The molecule has 3 heterocycles. The Bertz CT molecular complexity index is 1020. The maximum absolute atomic E-state index is 12.9. The third-order valence-corrected chi connectivity index (χ3v) is 6.83. The van der Waals surface area contributed by atoms with Gasteiger partial charge in [0.25, 0.3) is 0 Å². The molecular weight excluding hydrogens is 467 g/mol. The number of aromatic nitrogens is 3. The fourth-order valence-corrected chi connectivity index (χ4v) is 4.77. The minimum atomic E-state index is -4.49. The Hall–Kier alpha value is -2.88. The number of hydrogen-bond donors (Lipinski definition) is 2. The van der Waals surface area contributed by atoms with Crippen LogP contribution in [0.3, 0.4) is 0 Å². The lowest BCUT2D eigenvalue weighted by atomic mass is 10.2. The number of carbonyl (C=O) groups excluding carboxylic acids is 1. The van der Waals surface area contributed by atoms with Gasteiger partial charge < -0.3 is 4.90 Å². The molecule has 1 unspecified atom stereocenters. The van der Waals surface area contributed by atoms with Gasteiger partial charge in [0.15, 0.2) is 0 Å². The zero-order valence-electron chi connectivity index (χ0n) is 17.3. The fourth-order valence-electron chi connectivity index (χ4n) is 3.17. The maximum atomic E-state index is 12.9. The molecule has 33 heavy (non-hydrogen) atoms. The largest absolute Gasteiger partial charge is 0.417 e. The van der Waals surface area contributed by atoms with Crippen molar-refractivity contribution in [2.45, 2.75) is 18.9 Å². The number of alkyl halides is 3. The third kappa shape index (κ3) is 6.56. The van der Waals surface area contributed by atoms with Crippen LogP contribution in [-0.2, 0) is 27.5 Å². The van der Waals surface area contributed by atoms with Gasteiger partial charge in [0.2, 0.25) is 16.4 Å². The van der Waals surface area contributed by atoms with Gasteiger partial charge in [-0.3, -0.25) is 15.3 Å². The first-order valence-electron chi connectivity index (χ1n) is 9.78. The molecule has 15 heteroatoms. The summed E-state index contributed by atoms with van der Waals surface area (Å²) in [6, 6.07) is 3.77. The van der Waals surface area contributed by atoms with Gasteiger partial charge in [0.1, 0.15) is 23.6 Å². The molecule has 0 spiro atoms. The third-order valence-electron chi connectivity index (χ3n) is 4.94. The lowest BCUT2D eigenvalue weighted by molar-refractivity contribution is -0.161. The standard InChI is InChI=1S/C18H22F3N7O4S/c19-18(20,21)14-2-3-16(24-10-14)26-6-8-27(9-7-26)33(31,32)12-17(28(30)13-29)25-11-15-22-4-1-5-23-15/h1-5,10,13,17,25,30H,6-9,11-12H2. The average molecular weight is 489 g/mol. The van der Waals surface area contributed by atoms with Crippen molar-refractivity contribution in [1.82, 2.24) is 29.6 Å². The Morgan fingerprint density at radius 1 is 1.15 bits per heavy atom. The highest BCUT2D eigenvalue weighted by Crippen LogP contribution is 2.29. The van der Waals surface area contributed by atoms with Crippen LogP contribution in [0, 0.1) is 0 Å². The Balaban J connectivity index is 1.59. The van der Waals surface area contributed by atoms with Crippen LogP contribution in [0.5, 0.6) is 0 Å². The second-order valence-electron chi connectivity index (χ2n) is 7.11. The molecule has 1 aliphatic heterocycles. The van der Waals surface area contributed by atoms with Crippen molar-refractivity contribution in [3.05, 3.63) is 48.2 Å². The number of anilines is 1. The zero-order chi connectivity index (χ0) is 24.1. The minimum absolute atomic E-state index is 0.0132. The minimum Gasteiger partial charge on any atom is -0.354 e. The van der Waals surface area contributed by atoms with Crippen molar-refractivity contribution >= 4 is 22.3 Å². The summed E-state index contributed by atoms with van der Waals surface area (Å²) in [5, 5.41) is 12.8. The van der Waals surface area contributed by atoms with Crippen LogP contribution in [-0.4, -0.2) is 82.5 Å². The average Bonchev–Trinajstić information content (AvgIpc) is 2.81. The molecular formula is C18H22F3N7O4S. The summed E-state index contributed by atoms with van der Waals surface area (Å²) in [7, 11) is -3.90. The van der Waals surface area contributed by atoms with Crippen molar-refractivity contribution in [1.29, 1.82) is 0 Å². The van der Waals surface area contributed by atoms with Crippen LogP contribution in [0.2, 0.25) is 0 Å². The van der Waals surface area contributed by atoms with E-state index in [0.717, 1.165) is 12.3 Å². The highest BCUT2D eigenvalue weighted by atomic mass is 32.2. The van der Waals surface area contributed by atoms with Gasteiger partial charge in [-0.2, -0.15) is 17.5 Å². The molecule has 1 aliphatic rings. The number of pyridine rings is 1. The maximum Gasteiger partial charge on any atom is 0.417 e. The van der Waals surface area contributed by atoms with Crippen LogP contribution < -0.4 is 10.2 Å². The van der Waals surface area contributed by atoms with Gasteiger partial charge in [0.05, 0.1) is 12.1 Å². The normalized spacial score (nSPS) is 16.4. The lowest BCUT2D eigenvalue weighted by Crippen LogP contribution is -2.54. The monoisotopic (exact) mass is 489 g/mol. The predicted octanol–water partition coefficient (Wildman–Crippen LogP) is 0.306. The number of halogens is 3. The van der Waals surface area contributed by atoms with Crippen molar-refractivity contribution in [3.63, 3.8) is 0 Å². The van der Waals surface area contributed by atoms with Crippen molar-refractivity contribution in [3.8, 4) is 0 Å². The van der Waals surface area contributed by atoms with Gasteiger partial charge >= 0.3 is 6.18 Å². The van der Waals surface area contributed by atoms with Gasteiger partial charge in [-0.1, -0.05) is 0 Å². The number of nitrogens with one attached hydrogen (secondary N) is 1. The first kappa shape index (κ1) is 24.8. The van der Waals surface area contributed by atoms with E-state index in [9.17, 15) is 31.6 Å². The van der Waals surface area contributed by atoms with Gasteiger partial charge in [-0.05, 0) is 18.2 Å². The first-order valence-corrected chi connectivity index (χ1v) is 11.4. The number of sulfonamides is 1. The van der Waals surface area contributed by atoms with Crippen LogP contribution in [0.25, 0.3) is 0 Å². The first-order chi connectivity index (χ1) is 15.6. The number of amides is 1. The molecule has 2 aromatic heterocycles. The summed E-state index contributed by atoms with van der Waals surface area (Å²) in [4.78, 5) is 24.5. The molecule has 0 radical (unpaired) electrons. The molecule has 11 nitrogen and oxygen atoms in total. The molecule has 2 N–H and O–H groups in total. The van der Waals surface area contributed by atoms with Crippen LogP contribution in [0.15, 0.2) is 36.8 Å². The quantitative estimate of drug-likeness (QED) is 0.221. The van der Waals surface area contributed by atoms with E-state index in [0.29, 0.717) is 11.6 Å². The Morgan fingerprint density at radius 3 is 2.36 bits per heavy atom. The van der Waals surface area contributed by atoms with E-state index >= 15 is 0 Å². The smallest absolute Gasteiger partial charge is 0.354 e. The molecule has 0 saturated carbocycles. The van der Waals surface area contributed by atoms with Crippen LogP contribution >= 0.6 is 0 Å². The molecule has 1 fully saturated rings. The summed E-state index contributed by atoms with van der Waals surface area (Å²) in [5.74, 6) is 0.0509. The van der Waals surface area contributed by atoms with Crippen molar-refractivity contribution < 1.29 is 31.6 Å². The van der Waals surface area contributed by atoms with Crippen LogP contribution in [0.1, 0.15) is 11.4 Å². The van der Waals surface area contributed by atoms with Crippen molar-refractivity contribution in [2.75, 3.05) is 36.8 Å². The molecule has 3 rings (SSSR count). The summed E-state index contributed by atoms with van der Waals surface area (Å²) in [6.07, 6.45) is -1.91. The summed E-state index contributed by atoms with van der Waals surface area (Å²) in [6.45, 7) is 0.561. The van der Waals surface area contributed by atoms with Gasteiger partial charge in [-0.25, -0.2) is 28.4 Å². The second-order valence-corrected chi connectivity index (χ2v) is 9.13. The van der Waals surface area contributed by atoms with E-state index in [1.165, 1.54) is 22.8 Å². The number of rotatable bonds is 9. The molecule has 2 aromatic rings. The highest BCUT2D eigenvalue weighted by Gasteiger charge is 2.33. The predicted molar refractivity (Wildman–Crippen MR) is 109 cm³/mol. The molecule has 1 saturated heterocycles. The Morgan fingerprint density at radius 2 is 1.82 bits per heavy atom. The summed E-state index contributed by atoms with van der Waals surface area (Å²) < 4.78 is 65.0. The molecule has 1 amide bonds. The topological polar surface area (TPSA) is 132 Å². The van der Waals surface area contributed by atoms with Crippen LogP contribution in [0.4, 0.5) is 19.0 Å². The highest BCUT2D eigenvalue weighted by molar-refractivity contribution is 7.89. The molecule has 0 aromatic carbocycles. The molecule has 0 aliphatic carbocycles. The fraction of sp³-hybridized carbons (Fsp3) is 0.444. The Labute approximate surface area is 187 Å². The van der Waals surface area contributed by atoms with E-state index in [2.05, 4.69) is 20.3 Å². The summed E-state index contributed by atoms with van der Waals surface area (Å²) >= 11 is 0. The van der Waals surface area contributed by atoms with E-state index in [-0.39, 0.29) is 44.2 Å². The number of nitrogens with zero attached hydrogens (tertiary/aromatic N) is 6. The van der Waals surface area contributed by atoms with E-state index in [1.807, 2.05) is 0 Å². The number of hydrogen-bond acceptors (Lipinski definition) is 9. The van der Waals surface area contributed by atoms with Crippen molar-refractivity contribution in [2.24, 2.45) is 0 Å². The lowest BCUT2D eigenvalue weighted by Gasteiger charge is -2.35. The van der Waals surface area contributed by atoms with E-state index < -0.39 is 33.7 Å². The molecule has 1 atom stereocenters. The van der Waals surface area contributed by atoms with Gasteiger partial charge in [-0.15, -0.1) is 0 Å². The van der Waals surface area contributed by atoms with E-state index in [4.69, 9.17) is 0 Å². The Kier molecular flexibility index (Phi) is 7.78. The SMILES string of the molecule is O=CN(O)C(CS(=O)(=O)N1CCN(c2ccc(C(F)(F)F)cn2)CC1)NCc1ncccn1. The zero-order valence-corrected chi connectivity index (χ0v) is 18.1. The van der Waals surface area contributed by atoms with E-state index in [1.54, 1.807) is 11.0 Å². The number of carbonyl (C=O) groups is 1. The van der Waals surface area contributed by atoms with Gasteiger partial charge in [0, 0.05) is 44.8 Å². The second kappa shape index (κ2) is 10.4. The number of hydroxylamine groups is 2. The number of piperazine rings is 1.